The Labute approximate surface area is 117 Å². The van der Waals surface area contributed by atoms with E-state index in [2.05, 4.69) is 10.4 Å². The van der Waals surface area contributed by atoms with E-state index in [1.807, 2.05) is 0 Å². The van der Waals surface area contributed by atoms with Gasteiger partial charge in [0.1, 0.15) is 0 Å². The van der Waals surface area contributed by atoms with Gasteiger partial charge in [-0.25, -0.2) is 0 Å². The van der Waals surface area contributed by atoms with Crippen molar-refractivity contribution in [3.63, 3.8) is 0 Å². The Kier molecular flexibility index (Phi) is 4.22. The van der Waals surface area contributed by atoms with E-state index in [0.29, 0.717) is 12.8 Å². The van der Waals surface area contributed by atoms with Crippen molar-refractivity contribution in [1.29, 1.82) is 0 Å². The van der Waals surface area contributed by atoms with E-state index in [1.54, 1.807) is 30.1 Å². The highest BCUT2D eigenvalue weighted by Gasteiger charge is 2.41. The minimum Gasteiger partial charge on any atom is -0.481 e. The molecule has 108 valence electrons. The number of carboxylic acid groups (broad SMARTS) is 1. The maximum atomic E-state index is 11.8. The predicted molar refractivity (Wildman–Crippen MR) is 73.8 cm³/mol. The number of nitrogens with one attached hydrogen (secondary N) is 1. The lowest BCUT2D eigenvalue weighted by molar-refractivity contribution is -0.148. The zero-order valence-corrected chi connectivity index (χ0v) is 11.5. The van der Waals surface area contributed by atoms with Gasteiger partial charge >= 0.3 is 5.97 Å². The molecule has 1 aliphatic rings. The minimum absolute atomic E-state index is 0.191. The van der Waals surface area contributed by atoms with Crippen molar-refractivity contribution >= 4 is 18.0 Å². The van der Waals surface area contributed by atoms with Crippen molar-refractivity contribution in [1.82, 2.24) is 15.1 Å². The summed E-state index contributed by atoms with van der Waals surface area (Å²) in [5.74, 6) is -1.09. The number of aromatic nitrogens is 2. The van der Waals surface area contributed by atoms with Crippen LogP contribution in [0, 0.1) is 5.41 Å². The number of aryl methyl sites for hydroxylation is 1. The van der Waals surface area contributed by atoms with Gasteiger partial charge in [0.2, 0.25) is 5.91 Å². The van der Waals surface area contributed by atoms with E-state index in [1.165, 1.54) is 6.08 Å². The molecule has 0 spiro atoms. The number of aliphatic carboxylic acids is 1. The molecule has 2 N–H and O–H groups in total. The lowest BCUT2D eigenvalue weighted by Crippen LogP contribution is -2.40. The van der Waals surface area contributed by atoms with Gasteiger partial charge < -0.3 is 10.4 Å². The summed E-state index contributed by atoms with van der Waals surface area (Å²) in [5.41, 5.74) is 0.0321. The normalized spacial score (nSPS) is 17.4. The smallest absolute Gasteiger partial charge is 0.311 e. The molecule has 1 heterocycles. The van der Waals surface area contributed by atoms with Crippen LogP contribution in [0.25, 0.3) is 6.08 Å². The molecule has 20 heavy (non-hydrogen) atoms. The second kappa shape index (κ2) is 5.90. The van der Waals surface area contributed by atoms with E-state index in [4.69, 9.17) is 0 Å². The minimum atomic E-state index is -0.814. The highest BCUT2D eigenvalue weighted by atomic mass is 16.4. The Balaban J connectivity index is 1.90. The van der Waals surface area contributed by atoms with E-state index in [-0.39, 0.29) is 12.5 Å². The Morgan fingerprint density at radius 1 is 1.50 bits per heavy atom. The van der Waals surface area contributed by atoms with Crippen LogP contribution in [0.1, 0.15) is 31.4 Å². The van der Waals surface area contributed by atoms with E-state index in [9.17, 15) is 14.7 Å². The van der Waals surface area contributed by atoms with Crippen LogP contribution in [0.4, 0.5) is 0 Å². The molecule has 0 atom stereocenters. The molecular weight excluding hydrogens is 258 g/mol. The quantitative estimate of drug-likeness (QED) is 0.792. The van der Waals surface area contributed by atoms with Crippen LogP contribution in [0.15, 0.2) is 18.3 Å². The SMILES string of the molecule is Cn1nccc1/C=C/C(=O)NCC1(C(=O)O)CCCC1. The van der Waals surface area contributed by atoms with Crippen molar-refractivity contribution < 1.29 is 14.7 Å². The van der Waals surface area contributed by atoms with Gasteiger partial charge in [-0.3, -0.25) is 14.3 Å². The van der Waals surface area contributed by atoms with Crippen LogP contribution in [-0.2, 0) is 16.6 Å². The third kappa shape index (κ3) is 3.07. The van der Waals surface area contributed by atoms with Crippen LogP contribution in [0.3, 0.4) is 0 Å². The molecule has 1 saturated carbocycles. The average molecular weight is 277 g/mol. The van der Waals surface area contributed by atoms with Crippen LogP contribution in [-0.4, -0.2) is 33.3 Å². The molecule has 1 aliphatic carbocycles. The second-order valence-electron chi connectivity index (χ2n) is 5.22. The second-order valence-corrected chi connectivity index (χ2v) is 5.22. The van der Waals surface area contributed by atoms with E-state index < -0.39 is 11.4 Å². The number of nitrogens with zero attached hydrogens (tertiary/aromatic N) is 2. The van der Waals surface area contributed by atoms with Crippen LogP contribution < -0.4 is 5.32 Å². The Hall–Kier alpha value is -2.11. The van der Waals surface area contributed by atoms with Gasteiger partial charge in [-0.2, -0.15) is 5.10 Å². The molecular formula is C14H19N3O3. The molecule has 0 bridgehead atoms. The summed E-state index contributed by atoms with van der Waals surface area (Å²) in [5, 5.41) is 16.0. The topological polar surface area (TPSA) is 84.2 Å². The fourth-order valence-electron chi connectivity index (χ4n) is 2.54. The van der Waals surface area contributed by atoms with Gasteiger partial charge in [0.15, 0.2) is 0 Å². The molecule has 6 heteroatoms. The van der Waals surface area contributed by atoms with Gasteiger partial charge in [-0.05, 0) is 25.0 Å². The summed E-state index contributed by atoms with van der Waals surface area (Å²) in [6, 6.07) is 1.79. The van der Waals surface area contributed by atoms with Crippen LogP contribution >= 0.6 is 0 Å². The summed E-state index contributed by atoms with van der Waals surface area (Å²) in [6.45, 7) is 0.191. The number of hydrogen-bond donors (Lipinski definition) is 2. The Morgan fingerprint density at radius 2 is 2.20 bits per heavy atom. The number of hydrogen-bond acceptors (Lipinski definition) is 3. The molecule has 0 aromatic carbocycles. The summed E-state index contributed by atoms with van der Waals surface area (Å²) < 4.78 is 1.65. The van der Waals surface area contributed by atoms with Crippen LogP contribution in [0.2, 0.25) is 0 Å². The first-order chi connectivity index (χ1) is 9.53. The molecule has 1 fully saturated rings. The summed E-state index contributed by atoms with van der Waals surface area (Å²) in [7, 11) is 1.79. The standard InChI is InChI=1S/C14H19N3O3/c1-17-11(6-9-16-17)4-5-12(18)15-10-14(13(19)20)7-2-3-8-14/h4-6,9H,2-3,7-8,10H2,1H3,(H,15,18)(H,19,20)/b5-4+. The molecule has 1 aromatic heterocycles. The lowest BCUT2D eigenvalue weighted by Gasteiger charge is -2.23. The summed E-state index contributed by atoms with van der Waals surface area (Å²) in [6.07, 6.45) is 7.80. The van der Waals surface area contributed by atoms with Gasteiger partial charge in [-0.15, -0.1) is 0 Å². The van der Waals surface area contributed by atoms with Gasteiger partial charge in [0.05, 0.1) is 11.1 Å². The number of carbonyl (C=O) groups excluding carboxylic acids is 1. The number of carbonyl (C=O) groups is 2. The first kappa shape index (κ1) is 14.3. The molecule has 1 aromatic rings. The highest BCUT2D eigenvalue weighted by molar-refractivity contribution is 5.91. The molecule has 0 aliphatic heterocycles. The number of rotatable bonds is 5. The maximum Gasteiger partial charge on any atom is 0.311 e. The third-order valence-corrected chi connectivity index (χ3v) is 3.88. The lowest BCUT2D eigenvalue weighted by atomic mass is 9.86. The molecule has 1 amide bonds. The monoisotopic (exact) mass is 277 g/mol. The molecule has 0 radical (unpaired) electrons. The first-order valence-corrected chi connectivity index (χ1v) is 6.71. The zero-order valence-electron chi connectivity index (χ0n) is 11.5. The van der Waals surface area contributed by atoms with Crippen molar-refractivity contribution in [3.8, 4) is 0 Å². The third-order valence-electron chi connectivity index (χ3n) is 3.88. The highest BCUT2D eigenvalue weighted by Crippen LogP contribution is 2.37. The van der Waals surface area contributed by atoms with Gasteiger partial charge in [0.25, 0.3) is 0 Å². The number of carboxylic acids is 1. The van der Waals surface area contributed by atoms with Crippen molar-refractivity contribution in [3.05, 3.63) is 24.0 Å². The number of amides is 1. The Morgan fingerprint density at radius 3 is 2.75 bits per heavy atom. The van der Waals surface area contributed by atoms with Gasteiger partial charge in [0, 0.05) is 25.9 Å². The van der Waals surface area contributed by atoms with Crippen LogP contribution in [0.5, 0.6) is 0 Å². The van der Waals surface area contributed by atoms with Crippen molar-refractivity contribution in [2.45, 2.75) is 25.7 Å². The molecule has 6 nitrogen and oxygen atoms in total. The predicted octanol–water partition coefficient (Wildman–Crippen LogP) is 1.19. The zero-order chi connectivity index (χ0) is 14.6. The van der Waals surface area contributed by atoms with Crippen molar-refractivity contribution in [2.75, 3.05) is 6.54 Å². The Bertz CT molecular complexity index is 528. The molecule has 2 rings (SSSR count). The average Bonchev–Trinajstić information content (AvgIpc) is 3.04. The molecule has 0 unspecified atom stereocenters. The fourth-order valence-corrected chi connectivity index (χ4v) is 2.54. The maximum absolute atomic E-state index is 11.8. The summed E-state index contributed by atoms with van der Waals surface area (Å²) in [4.78, 5) is 23.1. The summed E-state index contributed by atoms with van der Waals surface area (Å²) >= 11 is 0. The van der Waals surface area contributed by atoms with E-state index in [0.717, 1.165) is 18.5 Å². The largest absolute Gasteiger partial charge is 0.481 e. The van der Waals surface area contributed by atoms with E-state index >= 15 is 0 Å². The fraction of sp³-hybridized carbons (Fsp3) is 0.500. The van der Waals surface area contributed by atoms with Gasteiger partial charge in [-0.1, -0.05) is 12.8 Å². The van der Waals surface area contributed by atoms with Crippen molar-refractivity contribution in [2.24, 2.45) is 12.5 Å². The first-order valence-electron chi connectivity index (χ1n) is 6.71. The molecule has 0 saturated heterocycles.